The number of halogens is 2. The molecule has 4 nitrogen and oxygen atoms in total. The van der Waals surface area contributed by atoms with Gasteiger partial charge in [0, 0.05) is 10.7 Å². The summed E-state index contributed by atoms with van der Waals surface area (Å²) in [5.41, 5.74) is 6.20. The second-order valence-corrected chi connectivity index (χ2v) is 4.78. The molecule has 2 rings (SSSR count). The zero-order valence-corrected chi connectivity index (χ0v) is 11.3. The lowest BCUT2D eigenvalue weighted by Gasteiger charge is -2.08. The van der Waals surface area contributed by atoms with E-state index in [1.165, 1.54) is 0 Å². The van der Waals surface area contributed by atoms with E-state index in [0.29, 0.717) is 29.6 Å². The molecule has 1 heterocycles. The molecule has 0 unspecified atom stereocenters. The van der Waals surface area contributed by atoms with Crippen molar-refractivity contribution in [2.24, 2.45) is 0 Å². The summed E-state index contributed by atoms with van der Waals surface area (Å²) in [7, 11) is 0. The number of anilines is 1. The molecule has 0 saturated carbocycles. The molecule has 0 fully saturated rings. The Labute approximate surface area is 112 Å². The lowest BCUT2D eigenvalue weighted by atomic mass is 10.3. The fourth-order valence-corrected chi connectivity index (χ4v) is 2.07. The van der Waals surface area contributed by atoms with Gasteiger partial charge in [0.25, 0.3) is 0 Å². The van der Waals surface area contributed by atoms with Crippen molar-refractivity contribution in [3.8, 4) is 5.75 Å². The van der Waals surface area contributed by atoms with Crippen LogP contribution in [0.15, 0.2) is 35.1 Å². The van der Waals surface area contributed by atoms with Crippen molar-refractivity contribution in [3.05, 3.63) is 40.1 Å². The lowest BCUT2D eigenvalue weighted by molar-refractivity contribution is 0.291. The van der Waals surface area contributed by atoms with Crippen molar-refractivity contribution in [1.29, 1.82) is 0 Å². The number of benzene rings is 1. The van der Waals surface area contributed by atoms with Crippen molar-refractivity contribution in [3.63, 3.8) is 0 Å². The normalized spacial score (nSPS) is 10.5. The molecule has 6 heteroatoms. The Hall–Kier alpha value is -1.20. The van der Waals surface area contributed by atoms with Crippen molar-refractivity contribution in [1.82, 2.24) is 9.78 Å². The van der Waals surface area contributed by atoms with E-state index in [4.69, 9.17) is 22.1 Å². The summed E-state index contributed by atoms with van der Waals surface area (Å²) in [5, 5.41) is 4.64. The van der Waals surface area contributed by atoms with Crippen LogP contribution in [0.1, 0.15) is 0 Å². The van der Waals surface area contributed by atoms with E-state index in [-0.39, 0.29) is 0 Å². The predicted molar refractivity (Wildman–Crippen MR) is 71.3 cm³/mol. The van der Waals surface area contributed by atoms with Crippen LogP contribution in [0.25, 0.3) is 0 Å². The highest BCUT2D eigenvalue weighted by molar-refractivity contribution is 9.10. The molecule has 2 N–H and O–H groups in total. The van der Waals surface area contributed by atoms with Gasteiger partial charge in [-0.15, -0.1) is 0 Å². The molecule has 0 aliphatic rings. The van der Waals surface area contributed by atoms with Gasteiger partial charge >= 0.3 is 0 Å². The highest BCUT2D eigenvalue weighted by Gasteiger charge is 2.02. The largest absolute Gasteiger partial charge is 0.490 e. The van der Waals surface area contributed by atoms with Crippen LogP contribution < -0.4 is 10.5 Å². The van der Waals surface area contributed by atoms with Gasteiger partial charge in [-0.3, -0.25) is 4.68 Å². The van der Waals surface area contributed by atoms with Crippen LogP contribution in [-0.2, 0) is 6.54 Å². The zero-order valence-electron chi connectivity index (χ0n) is 8.94. The summed E-state index contributed by atoms with van der Waals surface area (Å²) < 4.78 is 8.20. The first-order valence-electron chi connectivity index (χ1n) is 5.01. The van der Waals surface area contributed by atoms with Crippen molar-refractivity contribution in [2.75, 3.05) is 12.3 Å². The first-order valence-corrected chi connectivity index (χ1v) is 6.18. The van der Waals surface area contributed by atoms with E-state index < -0.39 is 0 Å². The van der Waals surface area contributed by atoms with Crippen LogP contribution in [0, 0.1) is 0 Å². The predicted octanol–water partition coefficient (Wildman–Crippen LogP) is 2.96. The van der Waals surface area contributed by atoms with Gasteiger partial charge in [-0.05, 0) is 18.2 Å². The van der Waals surface area contributed by atoms with E-state index in [2.05, 4.69) is 21.0 Å². The molecule has 0 amide bonds. The average molecular weight is 317 g/mol. The molecule has 0 bridgehead atoms. The molecule has 0 atom stereocenters. The highest BCUT2D eigenvalue weighted by atomic mass is 79.9. The average Bonchev–Trinajstić information content (AvgIpc) is 2.68. The fraction of sp³-hybridized carbons (Fsp3) is 0.182. The first kappa shape index (κ1) is 12.3. The molecule has 2 aromatic rings. The zero-order chi connectivity index (χ0) is 12.3. The van der Waals surface area contributed by atoms with Gasteiger partial charge < -0.3 is 10.5 Å². The molecule has 0 saturated heterocycles. The topological polar surface area (TPSA) is 53.1 Å². The van der Waals surface area contributed by atoms with E-state index in [1.54, 1.807) is 23.1 Å². The number of hydrogen-bond donors (Lipinski definition) is 1. The quantitative estimate of drug-likeness (QED) is 0.943. The van der Waals surface area contributed by atoms with Gasteiger partial charge in [0.05, 0.1) is 23.5 Å². The summed E-state index contributed by atoms with van der Waals surface area (Å²) >= 11 is 9.35. The maximum Gasteiger partial charge on any atom is 0.138 e. The van der Waals surface area contributed by atoms with Crippen molar-refractivity contribution in [2.45, 2.75) is 6.54 Å². The Bertz CT molecular complexity index is 515. The summed E-state index contributed by atoms with van der Waals surface area (Å²) in [6, 6.07) is 5.50. The van der Waals surface area contributed by atoms with Crippen molar-refractivity contribution >= 4 is 33.2 Å². The molecule has 0 aliphatic carbocycles. The maximum absolute atomic E-state index is 6.02. The Morgan fingerprint density at radius 2 is 2.29 bits per heavy atom. The SMILES string of the molecule is Nc1cnn(CCOc2ccc(Br)cc2Cl)c1. The number of nitrogens with two attached hydrogens (primary N) is 1. The third kappa shape index (κ3) is 3.38. The van der Waals surface area contributed by atoms with Gasteiger partial charge in [-0.25, -0.2) is 0 Å². The minimum absolute atomic E-state index is 0.489. The standard InChI is InChI=1S/C11H11BrClN3O/c12-8-1-2-11(10(13)5-8)17-4-3-16-7-9(14)6-15-16/h1-2,5-7H,3-4,14H2. The number of nitrogen functional groups attached to an aromatic ring is 1. The Balaban J connectivity index is 1.90. The summed E-state index contributed by atoms with van der Waals surface area (Å²) in [6.45, 7) is 1.12. The van der Waals surface area contributed by atoms with Crippen LogP contribution in [0.2, 0.25) is 5.02 Å². The van der Waals surface area contributed by atoms with Crippen LogP contribution >= 0.6 is 27.5 Å². The van der Waals surface area contributed by atoms with Crippen LogP contribution in [0.4, 0.5) is 5.69 Å². The Morgan fingerprint density at radius 3 is 2.94 bits per heavy atom. The van der Waals surface area contributed by atoms with Crippen LogP contribution in [0.3, 0.4) is 0 Å². The molecular formula is C11H11BrClN3O. The minimum atomic E-state index is 0.489. The monoisotopic (exact) mass is 315 g/mol. The van der Waals surface area contributed by atoms with Gasteiger partial charge in [-0.1, -0.05) is 27.5 Å². The third-order valence-corrected chi connectivity index (χ3v) is 2.91. The Kier molecular flexibility index (Phi) is 3.91. The van der Waals surface area contributed by atoms with Gasteiger partial charge in [0.1, 0.15) is 12.4 Å². The smallest absolute Gasteiger partial charge is 0.138 e. The van der Waals surface area contributed by atoms with E-state index in [0.717, 1.165) is 4.47 Å². The van der Waals surface area contributed by atoms with Crippen LogP contribution in [-0.4, -0.2) is 16.4 Å². The van der Waals surface area contributed by atoms with Crippen molar-refractivity contribution < 1.29 is 4.74 Å². The molecule has 1 aromatic carbocycles. The second kappa shape index (κ2) is 5.42. The van der Waals surface area contributed by atoms with E-state index in [9.17, 15) is 0 Å². The number of rotatable bonds is 4. The number of aromatic nitrogens is 2. The summed E-state index contributed by atoms with van der Waals surface area (Å²) in [5.74, 6) is 0.662. The summed E-state index contributed by atoms with van der Waals surface area (Å²) in [6.07, 6.45) is 3.36. The van der Waals surface area contributed by atoms with Gasteiger partial charge in [0.2, 0.25) is 0 Å². The Morgan fingerprint density at radius 1 is 1.47 bits per heavy atom. The molecule has 0 spiro atoms. The maximum atomic E-state index is 6.02. The van der Waals surface area contributed by atoms with Gasteiger partial charge in [0.15, 0.2) is 0 Å². The molecule has 0 aliphatic heterocycles. The summed E-state index contributed by atoms with van der Waals surface area (Å²) in [4.78, 5) is 0. The minimum Gasteiger partial charge on any atom is -0.490 e. The number of ether oxygens (including phenoxy) is 1. The van der Waals surface area contributed by atoms with E-state index >= 15 is 0 Å². The first-order chi connectivity index (χ1) is 8.15. The number of nitrogens with zero attached hydrogens (tertiary/aromatic N) is 2. The lowest BCUT2D eigenvalue weighted by Crippen LogP contribution is -2.08. The van der Waals surface area contributed by atoms with E-state index in [1.807, 2.05) is 12.1 Å². The molecular weight excluding hydrogens is 305 g/mol. The number of hydrogen-bond acceptors (Lipinski definition) is 3. The fourth-order valence-electron chi connectivity index (χ4n) is 1.34. The molecule has 1 aromatic heterocycles. The molecule has 90 valence electrons. The second-order valence-electron chi connectivity index (χ2n) is 3.46. The van der Waals surface area contributed by atoms with Crippen LogP contribution in [0.5, 0.6) is 5.75 Å². The molecule has 0 radical (unpaired) electrons. The molecule has 17 heavy (non-hydrogen) atoms. The highest BCUT2D eigenvalue weighted by Crippen LogP contribution is 2.27. The van der Waals surface area contributed by atoms with Gasteiger partial charge in [-0.2, -0.15) is 5.10 Å². The third-order valence-electron chi connectivity index (χ3n) is 2.13.